The number of carboxylic acids is 1. The lowest BCUT2D eigenvalue weighted by Crippen LogP contribution is -2.32. The molecule has 2 aliphatic heterocycles. The van der Waals surface area contributed by atoms with E-state index in [0.29, 0.717) is 31.8 Å². The number of aromatic carboxylic acids is 1. The van der Waals surface area contributed by atoms with Gasteiger partial charge in [-0.15, -0.1) is 0 Å². The average Bonchev–Trinajstić information content (AvgIpc) is 3.64. The Hall–Kier alpha value is -3.27. The summed E-state index contributed by atoms with van der Waals surface area (Å²) >= 11 is 0. The molecule has 9 heteroatoms. The van der Waals surface area contributed by atoms with Gasteiger partial charge in [0.15, 0.2) is 5.79 Å². The molecule has 3 aliphatic rings. The molecule has 1 atom stereocenters. The second kappa shape index (κ2) is 8.40. The Bertz CT molecular complexity index is 1440. The van der Waals surface area contributed by atoms with Gasteiger partial charge in [-0.1, -0.05) is 6.07 Å². The molecule has 188 valence electrons. The van der Waals surface area contributed by atoms with Gasteiger partial charge in [0.1, 0.15) is 17.5 Å². The Morgan fingerprint density at radius 2 is 2.06 bits per heavy atom. The first kappa shape index (κ1) is 23.1. The van der Waals surface area contributed by atoms with E-state index in [4.69, 9.17) is 19.2 Å². The summed E-state index contributed by atoms with van der Waals surface area (Å²) in [7, 11) is 1.98. The summed E-state index contributed by atoms with van der Waals surface area (Å²) in [6.07, 6.45) is 5.25. The summed E-state index contributed by atoms with van der Waals surface area (Å²) in [5.74, 6) is -0.956. The fourth-order valence-electron chi connectivity index (χ4n) is 5.28. The zero-order valence-corrected chi connectivity index (χ0v) is 20.6. The van der Waals surface area contributed by atoms with Gasteiger partial charge in [0.2, 0.25) is 5.43 Å². The van der Waals surface area contributed by atoms with Crippen LogP contribution in [0.15, 0.2) is 35.4 Å². The third-order valence-corrected chi connectivity index (χ3v) is 7.17. The first-order chi connectivity index (χ1) is 17.2. The van der Waals surface area contributed by atoms with Gasteiger partial charge in [0, 0.05) is 48.5 Å². The van der Waals surface area contributed by atoms with Crippen molar-refractivity contribution >= 4 is 22.7 Å². The van der Waals surface area contributed by atoms with Crippen LogP contribution in [0.4, 0.5) is 5.82 Å². The van der Waals surface area contributed by atoms with Crippen LogP contribution in [0, 0.1) is 0 Å². The number of rotatable bonds is 5. The SMILES string of the molecule is CN(CC1COC(C)(C)O1)c1cc2c(cn1)-c1ccc3c(=O)c(C(=O)O)cn(C4CC4)c3c1COC2. The minimum atomic E-state index is -1.20. The number of ether oxygens (including phenoxy) is 3. The van der Waals surface area contributed by atoms with E-state index in [-0.39, 0.29) is 17.7 Å². The van der Waals surface area contributed by atoms with Crippen LogP contribution in [0.2, 0.25) is 0 Å². The number of aromatic nitrogens is 2. The Kier molecular flexibility index (Phi) is 5.40. The summed E-state index contributed by atoms with van der Waals surface area (Å²) in [5, 5.41) is 10.0. The van der Waals surface area contributed by atoms with E-state index >= 15 is 0 Å². The van der Waals surface area contributed by atoms with Crippen molar-refractivity contribution in [2.75, 3.05) is 25.1 Å². The van der Waals surface area contributed by atoms with Gasteiger partial charge in [-0.05, 0) is 49.9 Å². The molecule has 1 unspecified atom stereocenters. The van der Waals surface area contributed by atoms with Crippen LogP contribution in [0.5, 0.6) is 0 Å². The van der Waals surface area contributed by atoms with Gasteiger partial charge in [-0.25, -0.2) is 9.78 Å². The maximum absolute atomic E-state index is 13.0. The van der Waals surface area contributed by atoms with E-state index in [1.54, 1.807) is 6.07 Å². The van der Waals surface area contributed by atoms with Gasteiger partial charge < -0.3 is 28.8 Å². The Balaban J connectivity index is 1.41. The molecule has 0 radical (unpaired) electrons. The van der Waals surface area contributed by atoms with Gasteiger partial charge in [0.05, 0.1) is 25.3 Å². The van der Waals surface area contributed by atoms with E-state index in [0.717, 1.165) is 46.4 Å². The molecule has 6 rings (SSSR count). The molecule has 1 N–H and O–H groups in total. The lowest BCUT2D eigenvalue weighted by molar-refractivity contribution is -0.137. The number of benzene rings is 1. The molecule has 0 bridgehead atoms. The topological polar surface area (TPSA) is 103 Å². The number of nitrogens with zero attached hydrogens (tertiary/aromatic N) is 3. The fraction of sp³-hybridized carbons (Fsp3) is 0.444. The predicted octanol–water partition coefficient (Wildman–Crippen LogP) is 3.71. The molecule has 36 heavy (non-hydrogen) atoms. The van der Waals surface area contributed by atoms with Crippen LogP contribution in [0.3, 0.4) is 0 Å². The van der Waals surface area contributed by atoms with Crippen LogP contribution >= 0.6 is 0 Å². The number of likely N-dealkylation sites (N-methyl/N-ethyl adjacent to an activating group) is 1. The predicted molar refractivity (Wildman–Crippen MR) is 133 cm³/mol. The first-order valence-corrected chi connectivity index (χ1v) is 12.3. The molecular weight excluding hydrogens is 462 g/mol. The highest BCUT2D eigenvalue weighted by Crippen LogP contribution is 2.41. The Morgan fingerprint density at radius 1 is 1.25 bits per heavy atom. The summed E-state index contributed by atoms with van der Waals surface area (Å²) in [6, 6.07) is 5.88. The molecule has 3 aromatic rings. The number of fused-ring (bicyclic) bond motifs is 5. The number of carbonyl (C=O) groups is 1. The minimum absolute atomic E-state index is 0.0381. The number of hydrogen-bond donors (Lipinski definition) is 1. The van der Waals surface area contributed by atoms with Crippen LogP contribution < -0.4 is 10.3 Å². The van der Waals surface area contributed by atoms with E-state index in [1.807, 2.05) is 43.8 Å². The Labute approximate surface area is 208 Å². The van der Waals surface area contributed by atoms with Crippen molar-refractivity contribution in [2.45, 2.75) is 57.8 Å². The van der Waals surface area contributed by atoms with E-state index in [9.17, 15) is 14.7 Å². The number of hydrogen-bond acceptors (Lipinski definition) is 7. The second-order valence-corrected chi connectivity index (χ2v) is 10.3. The van der Waals surface area contributed by atoms with Crippen molar-refractivity contribution in [3.63, 3.8) is 0 Å². The molecule has 0 amide bonds. The quantitative estimate of drug-likeness (QED) is 0.576. The molecule has 9 nitrogen and oxygen atoms in total. The lowest BCUT2D eigenvalue weighted by atomic mass is 9.95. The van der Waals surface area contributed by atoms with Crippen LogP contribution in [-0.4, -0.2) is 52.7 Å². The van der Waals surface area contributed by atoms with Gasteiger partial charge in [-0.3, -0.25) is 4.79 Å². The minimum Gasteiger partial charge on any atom is -0.477 e. The summed E-state index contributed by atoms with van der Waals surface area (Å²) < 4.78 is 19.7. The highest BCUT2D eigenvalue weighted by Gasteiger charge is 2.34. The third kappa shape index (κ3) is 3.97. The molecular formula is C27H29N3O6. The van der Waals surface area contributed by atoms with E-state index in [1.165, 1.54) is 6.20 Å². The van der Waals surface area contributed by atoms with Crippen LogP contribution in [0.1, 0.15) is 54.2 Å². The van der Waals surface area contributed by atoms with Gasteiger partial charge in [0.25, 0.3) is 0 Å². The maximum atomic E-state index is 13.0. The normalized spacial score (nSPS) is 20.6. The summed E-state index contributed by atoms with van der Waals surface area (Å²) in [5.41, 5.74) is 3.94. The van der Waals surface area contributed by atoms with Crippen molar-refractivity contribution in [3.8, 4) is 11.1 Å². The first-order valence-electron chi connectivity index (χ1n) is 12.3. The number of anilines is 1. The van der Waals surface area contributed by atoms with Gasteiger partial charge in [-0.2, -0.15) is 0 Å². The molecule has 0 spiro atoms. The molecule has 4 heterocycles. The van der Waals surface area contributed by atoms with Crippen molar-refractivity contribution in [1.82, 2.24) is 9.55 Å². The van der Waals surface area contributed by atoms with Crippen molar-refractivity contribution < 1.29 is 24.1 Å². The molecule has 1 aliphatic carbocycles. The average molecular weight is 492 g/mol. The maximum Gasteiger partial charge on any atom is 0.341 e. The smallest absolute Gasteiger partial charge is 0.341 e. The van der Waals surface area contributed by atoms with Crippen LogP contribution in [0.25, 0.3) is 22.0 Å². The molecule has 2 fully saturated rings. The zero-order chi connectivity index (χ0) is 25.2. The summed E-state index contributed by atoms with van der Waals surface area (Å²) in [4.78, 5) is 31.5. The van der Waals surface area contributed by atoms with Crippen molar-refractivity contribution in [1.29, 1.82) is 0 Å². The standard InChI is InChI=1S/C27H29N3O6/c1-27(2)35-13-17(36-27)10-29(3)23-8-15-12-34-14-22-18(20(15)9-28-23)6-7-19-24(22)30(16-4-5-16)11-21(25(19)31)26(32)33/h6-9,11,16-17H,4-5,10,12-14H2,1-3H3,(H,32,33). The molecule has 1 saturated heterocycles. The highest BCUT2D eigenvalue weighted by molar-refractivity contribution is 5.96. The van der Waals surface area contributed by atoms with Crippen molar-refractivity contribution in [2.24, 2.45) is 0 Å². The van der Waals surface area contributed by atoms with Gasteiger partial charge >= 0.3 is 5.97 Å². The lowest BCUT2D eigenvalue weighted by Gasteiger charge is -2.23. The monoisotopic (exact) mass is 491 g/mol. The largest absolute Gasteiger partial charge is 0.477 e. The zero-order valence-electron chi connectivity index (χ0n) is 20.6. The van der Waals surface area contributed by atoms with Crippen molar-refractivity contribution in [3.05, 3.63) is 57.5 Å². The molecule has 2 aromatic heterocycles. The number of pyridine rings is 2. The van der Waals surface area contributed by atoms with E-state index < -0.39 is 17.2 Å². The fourth-order valence-corrected chi connectivity index (χ4v) is 5.28. The molecule has 1 saturated carbocycles. The second-order valence-electron chi connectivity index (χ2n) is 10.3. The van der Waals surface area contributed by atoms with E-state index in [2.05, 4.69) is 4.90 Å². The number of carboxylic acid groups (broad SMARTS) is 1. The molecule has 1 aromatic carbocycles. The van der Waals surface area contributed by atoms with Crippen LogP contribution in [-0.2, 0) is 27.4 Å². The highest BCUT2D eigenvalue weighted by atomic mass is 16.7. The summed E-state index contributed by atoms with van der Waals surface area (Å²) in [6.45, 7) is 5.75. The Morgan fingerprint density at radius 3 is 2.75 bits per heavy atom. The third-order valence-electron chi connectivity index (χ3n) is 7.17.